The average Bonchev–Trinajstić information content (AvgIpc) is 3.11. The SMILES string of the molecule is C[C@@H]1[C@@H](C)C/C=C\[C@@](O)(CO)[C@@H]2CC[C@H]2CN2C[C@@]3(CCCc4cc(Cl)ccc43)COc3ccc(cc32)C(=O)NS1(=O)=O. The van der Waals surface area contributed by atoms with Gasteiger partial charge in [0.2, 0.25) is 10.0 Å². The molecular weight excluding hydrogens is 588 g/mol. The molecule has 1 amide bonds. The zero-order valence-electron chi connectivity index (χ0n) is 24.8. The van der Waals surface area contributed by atoms with Crippen LogP contribution in [0.15, 0.2) is 48.6 Å². The maximum Gasteiger partial charge on any atom is 0.264 e. The van der Waals surface area contributed by atoms with E-state index in [9.17, 15) is 23.4 Å². The highest BCUT2D eigenvalue weighted by molar-refractivity contribution is 7.90. The number of hydrogen-bond acceptors (Lipinski definition) is 7. The summed E-state index contributed by atoms with van der Waals surface area (Å²) < 4.78 is 35.2. The summed E-state index contributed by atoms with van der Waals surface area (Å²) in [7, 11) is -3.98. The van der Waals surface area contributed by atoms with Gasteiger partial charge in [-0.05, 0) is 105 Å². The summed E-state index contributed by atoms with van der Waals surface area (Å²) in [5, 5.41) is 21.8. The van der Waals surface area contributed by atoms with Gasteiger partial charge in [-0.3, -0.25) is 4.79 Å². The Kier molecular flexibility index (Phi) is 8.07. The zero-order chi connectivity index (χ0) is 30.6. The average molecular weight is 629 g/mol. The normalized spacial score (nSPS) is 34.5. The highest BCUT2D eigenvalue weighted by Gasteiger charge is 2.48. The molecule has 1 fully saturated rings. The highest BCUT2D eigenvalue weighted by atomic mass is 35.5. The molecule has 4 aliphatic rings. The van der Waals surface area contributed by atoms with E-state index in [0.717, 1.165) is 37.8 Å². The number of hydrogen-bond donors (Lipinski definition) is 3. The van der Waals surface area contributed by atoms with Crippen molar-refractivity contribution in [2.24, 2.45) is 17.8 Å². The predicted molar refractivity (Wildman–Crippen MR) is 167 cm³/mol. The van der Waals surface area contributed by atoms with E-state index in [1.807, 2.05) is 12.1 Å². The monoisotopic (exact) mass is 628 g/mol. The van der Waals surface area contributed by atoms with Gasteiger partial charge in [-0.1, -0.05) is 36.7 Å². The number of rotatable bonds is 1. The van der Waals surface area contributed by atoms with Crippen molar-refractivity contribution in [2.45, 2.75) is 68.6 Å². The van der Waals surface area contributed by atoms with E-state index < -0.39 is 33.4 Å². The molecule has 43 heavy (non-hydrogen) atoms. The molecule has 1 spiro atoms. The van der Waals surface area contributed by atoms with E-state index in [-0.39, 0.29) is 28.7 Å². The van der Waals surface area contributed by atoms with Crippen molar-refractivity contribution < 1.29 is 28.2 Å². The number of carbonyl (C=O) groups excluding carboxylic acids is 1. The number of carbonyl (C=O) groups is 1. The fourth-order valence-electron chi connectivity index (χ4n) is 7.54. The Labute approximate surface area is 259 Å². The minimum Gasteiger partial charge on any atom is -0.490 e. The van der Waals surface area contributed by atoms with Crippen LogP contribution in [0.2, 0.25) is 5.02 Å². The van der Waals surface area contributed by atoms with Gasteiger partial charge in [-0.25, -0.2) is 13.1 Å². The molecule has 0 aromatic heterocycles. The summed E-state index contributed by atoms with van der Waals surface area (Å²) in [5.74, 6) is -0.424. The van der Waals surface area contributed by atoms with Gasteiger partial charge < -0.3 is 19.8 Å². The van der Waals surface area contributed by atoms with Gasteiger partial charge in [0.1, 0.15) is 11.4 Å². The van der Waals surface area contributed by atoms with Gasteiger partial charge >= 0.3 is 0 Å². The number of nitrogens with one attached hydrogen (secondary N) is 1. The molecular formula is C33H41ClN2O6S. The lowest BCUT2D eigenvalue weighted by Crippen LogP contribution is -2.53. The van der Waals surface area contributed by atoms with Gasteiger partial charge in [-0.2, -0.15) is 0 Å². The number of fused-ring (bicyclic) bond motifs is 4. The third-order valence-corrected chi connectivity index (χ3v) is 12.7. The molecule has 232 valence electrons. The molecule has 2 aromatic carbocycles. The van der Waals surface area contributed by atoms with E-state index in [1.165, 1.54) is 11.1 Å². The van der Waals surface area contributed by atoms with Crippen LogP contribution in [0, 0.1) is 17.8 Å². The van der Waals surface area contributed by atoms with Crippen LogP contribution in [0.1, 0.15) is 67.4 Å². The fraction of sp³-hybridized carbons (Fsp3) is 0.545. The van der Waals surface area contributed by atoms with Crippen LogP contribution >= 0.6 is 11.6 Å². The van der Waals surface area contributed by atoms with Crippen molar-refractivity contribution in [1.29, 1.82) is 0 Å². The summed E-state index contributed by atoms with van der Waals surface area (Å²) in [4.78, 5) is 15.6. The lowest BCUT2D eigenvalue weighted by molar-refractivity contribution is -0.0770. The summed E-state index contributed by atoms with van der Waals surface area (Å²) in [6, 6.07) is 11.2. The summed E-state index contributed by atoms with van der Waals surface area (Å²) in [6.07, 6.45) is 8.34. The van der Waals surface area contributed by atoms with E-state index in [2.05, 4.69) is 15.7 Å². The summed E-state index contributed by atoms with van der Waals surface area (Å²) >= 11 is 6.38. The molecule has 2 aromatic rings. The minimum atomic E-state index is -3.98. The standard InChI is InChI=1S/C33H41ClN2O6S/c1-21-5-3-14-33(39,19-37)28-10-7-25(28)17-36-18-32(13-4-6-23-15-26(34)9-11-27(23)32)20-42-30-12-8-24(16-29(30)36)31(38)35-43(40,41)22(21)2/h3,8-9,11-12,14-16,21-22,25,28,37,39H,4-7,10,13,17-20H2,1-2H3,(H,35,38)/b14-3-/t21-,22+,25-,28+,32-,33+/m0/s1. The molecule has 10 heteroatoms. The van der Waals surface area contributed by atoms with Crippen LogP contribution in [0.25, 0.3) is 0 Å². The number of nitrogens with zero attached hydrogens (tertiary/aromatic N) is 1. The Morgan fingerprint density at radius 3 is 2.72 bits per heavy atom. The van der Waals surface area contributed by atoms with Crippen molar-refractivity contribution in [1.82, 2.24) is 4.72 Å². The number of allylic oxidation sites excluding steroid dienone is 1. The summed E-state index contributed by atoms with van der Waals surface area (Å²) in [5.41, 5.74) is 1.68. The minimum absolute atomic E-state index is 0.0974. The first kappa shape index (κ1) is 30.4. The van der Waals surface area contributed by atoms with Crippen LogP contribution in [0.3, 0.4) is 0 Å². The number of aliphatic hydroxyl groups excluding tert-OH is 1. The number of sulfonamides is 1. The maximum absolute atomic E-state index is 13.4. The van der Waals surface area contributed by atoms with Crippen LogP contribution in [0.4, 0.5) is 5.69 Å². The zero-order valence-corrected chi connectivity index (χ0v) is 26.3. The molecule has 2 aliphatic heterocycles. The number of amides is 1. The van der Waals surface area contributed by atoms with Crippen LogP contribution in [0.5, 0.6) is 5.75 Å². The third kappa shape index (κ3) is 5.58. The van der Waals surface area contributed by atoms with Crippen LogP contribution in [-0.4, -0.2) is 61.7 Å². The molecule has 3 N–H and O–H groups in total. The smallest absolute Gasteiger partial charge is 0.264 e. The second-order valence-corrected chi connectivity index (χ2v) is 15.7. The molecule has 6 atom stereocenters. The van der Waals surface area contributed by atoms with Crippen LogP contribution in [-0.2, 0) is 21.9 Å². The van der Waals surface area contributed by atoms with E-state index >= 15 is 0 Å². The number of aliphatic hydroxyl groups is 2. The molecule has 2 heterocycles. The first-order chi connectivity index (χ1) is 20.4. The van der Waals surface area contributed by atoms with E-state index in [0.29, 0.717) is 36.9 Å². The van der Waals surface area contributed by atoms with E-state index in [4.69, 9.17) is 16.3 Å². The van der Waals surface area contributed by atoms with Gasteiger partial charge in [0, 0.05) is 29.1 Å². The third-order valence-electron chi connectivity index (χ3n) is 10.5. The molecule has 8 nitrogen and oxygen atoms in total. The van der Waals surface area contributed by atoms with Crippen molar-refractivity contribution in [2.75, 3.05) is 31.2 Å². The Morgan fingerprint density at radius 2 is 1.98 bits per heavy atom. The topological polar surface area (TPSA) is 116 Å². The first-order valence-electron chi connectivity index (χ1n) is 15.3. The number of benzene rings is 2. The van der Waals surface area contributed by atoms with Crippen molar-refractivity contribution in [3.8, 4) is 5.75 Å². The molecule has 0 saturated heterocycles. The van der Waals surface area contributed by atoms with Crippen molar-refractivity contribution in [3.05, 3.63) is 70.3 Å². The van der Waals surface area contributed by atoms with Gasteiger partial charge in [0.15, 0.2) is 0 Å². The Hall–Kier alpha value is -2.59. The first-order valence-corrected chi connectivity index (χ1v) is 17.2. The largest absolute Gasteiger partial charge is 0.490 e. The Balaban J connectivity index is 1.45. The van der Waals surface area contributed by atoms with Crippen molar-refractivity contribution >= 4 is 33.2 Å². The molecule has 0 radical (unpaired) electrons. The molecule has 0 unspecified atom stereocenters. The fourth-order valence-corrected chi connectivity index (χ4v) is 9.02. The van der Waals surface area contributed by atoms with E-state index in [1.54, 1.807) is 44.2 Å². The van der Waals surface area contributed by atoms with Gasteiger partial charge in [0.25, 0.3) is 5.91 Å². The number of ether oxygens (including phenoxy) is 1. The lowest BCUT2D eigenvalue weighted by Gasteiger charge is -2.48. The number of anilines is 1. The Bertz CT molecular complexity index is 1550. The van der Waals surface area contributed by atoms with Gasteiger partial charge in [-0.15, -0.1) is 0 Å². The molecule has 1 saturated carbocycles. The Morgan fingerprint density at radius 1 is 1.16 bits per heavy atom. The second-order valence-electron chi connectivity index (χ2n) is 13.2. The predicted octanol–water partition coefficient (Wildman–Crippen LogP) is 4.61. The lowest BCUT2D eigenvalue weighted by atomic mass is 9.64. The van der Waals surface area contributed by atoms with Crippen LogP contribution < -0.4 is 14.4 Å². The molecule has 6 rings (SSSR count). The number of halogens is 1. The highest BCUT2D eigenvalue weighted by Crippen LogP contribution is 2.48. The number of aryl methyl sites for hydroxylation is 1. The second kappa shape index (κ2) is 11.4. The quantitative estimate of drug-likeness (QED) is 0.395. The van der Waals surface area contributed by atoms with Gasteiger partial charge in [0.05, 0.1) is 24.2 Å². The molecule has 2 aliphatic carbocycles. The van der Waals surface area contributed by atoms with Crippen molar-refractivity contribution in [3.63, 3.8) is 0 Å². The summed E-state index contributed by atoms with van der Waals surface area (Å²) in [6.45, 7) is 4.65. The maximum atomic E-state index is 13.4. The molecule has 2 bridgehead atoms.